The molecule has 0 heterocycles. The summed E-state index contributed by atoms with van der Waals surface area (Å²) in [5.74, 6) is -0.934. The monoisotopic (exact) mass is 287 g/mol. The maximum atomic E-state index is 13.3. The van der Waals surface area contributed by atoms with E-state index >= 15 is 0 Å². The lowest BCUT2D eigenvalue weighted by Crippen LogP contribution is -2.03. The molecule has 2 rings (SSSR count). The second-order valence-corrected chi connectivity index (χ2v) is 4.66. The quantitative estimate of drug-likeness (QED) is 0.736. The van der Waals surface area contributed by atoms with Gasteiger partial charge in [-0.2, -0.15) is 5.26 Å². The predicted molar refractivity (Wildman–Crippen MR) is 75.9 cm³/mol. The number of nitrogens with zero attached hydrogens (tertiary/aromatic N) is 1. The Kier molecular flexibility index (Phi) is 5.28. The Hall–Kier alpha value is -2.41. The fourth-order valence-corrected chi connectivity index (χ4v) is 2.06. The largest absolute Gasteiger partial charge is 0.491 e. The van der Waals surface area contributed by atoms with Crippen molar-refractivity contribution in [2.75, 3.05) is 6.61 Å². The van der Waals surface area contributed by atoms with Crippen LogP contribution in [0.15, 0.2) is 48.5 Å². The summed E-state index contributed by atoms with van der Waals surface area (Å²) >= 11 is 0. The third-order valence-electron chi connectivity index (χ3n) is 3.14. The van der Waals surface area contributed by atoms with Crippen LogP contribution in [-0.2, 0) is 0 Å². The zero-order chi connectivity index (χ0) is 15.1. The fraction of sp³-hybridized carbons (Fsp3) is 0.235. The van der Waals surface area contributed by atoms with Crippen molar-refractivity contribution >= 4 is 0 Å². The van der Waals surface area contributed by atoms with Gasteiger partial charge in [0.2, 0.25) is 0 Å². The average molecular weight is 287 g/mol. The van der Waals surface area contributed by atoms with Gasteiger partial charge in [-0.1, -0.05) is 24.3 Å². The van der Waals surface area contributed by atoms with Crippen molar-refractivity contribution in [3.05, 3.63) is 65.7 Å². The number of ether oxygens (including phenoxy) is 1. The highest BCUT2D eigenvalue weighted by atomic mass is 19.1. The SMILES string of the molecule is N#CC(CCCOc1ccccc1F)c1cccc(F)c1. The molecule has 0 radical (unpaired) electrons. The lowest BCUT2D eigenvalue weighted by molar-refractivity contribution is 0.290. The molecule has 21 heavy (non-hydrogen) atoms. The third-order valence-corrected chi connectivity index (χ3v) is 3.14. The molecular formula is C17H15F2NO. The number of benzene rings is 2. The van der Waals surface area contributed by atoms with Gasteiger partial charge in [-0.25, -0.2) is 8.78 Å². The molecule has 2 aromatic rings. The maximum Gasteiger partial charge on any atom is 0.165 e. The van der Waals surface area contributed by atoms with Crippen LogP contribution in [0.2, 0.25) is 0 Å². The van der Waals surface area contributed by atoms with E-state index in [9.17, 15) is 8.78 Å². The molecule has 0 saturated carbocycles. The minimum atomic E-state index is -0.403. The number of hydrogen-bond donors (Lipinski definition) is 0. The summed E-state index contributed by atoms with van der Waals surface area (Å²) in [5, 5.41) is 9.16. The van der Waals surface area contributed by atoms with E-state index in [-0.39, 0.29) is 17.5 Å². The molecule has 2 nitrogen and oxygen atoms in total. The molecule has 1 atom stereocenters. The van der Waals surface area contributed by atoms with E-state index in [1.807, 2.05) is 0 Å². The standard InChI is InChI=1S/C17H15F2NO/c18-15-7-3-5-13(11-15)14(12-20)6-4-10-21-17-9-2-1-8-16(17)19/h1-3,5,7-9,11,14H,4,6,10H2. The van der Waals surface area contributed by atoms with Crippen molar-refractivity contribution in [1.29, 1.82) is 5.26 Å². The van der Waals surface area contributed by atoms with Gasteiger partial charge in [0.05, 0.1) is 18.6 Å². The van der Waals surface area contributed by atoms with Gasteiger partial charge < -0.3 is 4.74 Å². The van der Waals surface area contributed by atoms with Crippen LogP contribution in [0.4, 0.5) is 8.78 Å². The molecule has 0 aliphatic rings. The third kappa shape index (κ3) is 4.28. The molecule has 2 aromatic carbocycles. The molecule has 4 heteroatoms. The van der Waals surface area contributed by atoms with E-state index in [0.29, 0.717) is 25.0 Å². The first-order valence-electron chi connectivity index (χ1n) is 6.73. The summed E-state index contributed by atoms with van der Waals surface area (Å²) in [6.07, 6.45) is 1.12. The summed E-state index contributed by atoms with van der Waals surface area (Å²) in [4.78, 5) is 0. The van der Waals surface area contributed by atoms with Crippen molar-refractivity contribution < 1.29 is 13.5 Å². The summed E-state index contributed by atoms with van der Waals surface area (Å²) in [6, 6.07) is 14.4. The van der Waals surface area contributed by atoms with E-state index in [4.69, 9.17) is 10.00 Å². The van der Waals surface area contributed by atoms with E-state index in [1.54, 1.807) is 30.3 Å². The number of hydrogen-bond acceptors (Lipinski definition) is 2. The first-order chi connectivity index (χ1) is 10.2. The van der Waals surface area contributed by atoms with Gasteiger partial charge in [0.25, 0.3) is 0 Å². The Morgan fingerprint density at radius 2 is 1.90 bits per heavy atom. The van der Waals surface area contributed by atoms with E-state index in [0.717, 1.165) is 0 Å². The van der Waals surface area contributed by atoms with Crippen LogP contribution >= 0.6 is 0 Å². The van der Waals surface area contributed by atoms with Gasteiger partial charge in [-0.3, -0.25) is 0 Å². The summed E-state index contributed by atoms with van der Waals surface area (Å²) in [7, 11) is 0. The lowest BCUT2D eigenvalue weighted by Gasteiger charge is -2.10. The van der Waals surface area contributed by atoms with E-state index in [1.165, 1.54) is 18.2 Å². The van der Waals surface area contributed by atoms with Crippen molar-refractivity contribution in [2.45, 2.75) is 18.8 Å². The summed E-state index contributed by atoms with van der Waals surface area (Å²) < 4.78 is 31.8. The maximum absolute atomic E-state index is 13.3. The Morgan fingerprint density at radius 1 is 1.10 bits per heavy atom. The van der Waals surface area contributed by atoms with Crippen LogP contribution in [0.3, 0.4) is 0 Å². The van der Waals surface area contributed by atoms with Gasteiger partial charge in [0.15, 0.2) is 11.6 Å². The van der Waals surface area contributed by atoms with Crippen LogP contribution in [0.25, 0.3) is 0 Å². The second kappa shape index (κ2) is 7.39. The zero-order valence-electron chi connectivity index (χ0n) is 11.4. The Morgan fingerprint density at radius 3 is 2.62 bits per heavy atom. The fourth-order valence-electron chi connectivity index (χ4n) is 2.06. The molecule has 108 valence electrons. The molecule has 0 amide bonds. The minimum Gasteiger partial charge on any atom is -0.491 e. The number of halogens is 2. The first kappa shape index (κ1) is 15.0. The highest BCUT2D eigenvalue weighted by Crippen LogP contribution is 2.22. The minimum absolute atomic E-state index is 0.205. The number of para-hydroxylation sites is 1. The molecule has 0 N–H and O–H groups in total. The van der Waals surface area contributed by atoms with Crippen molar-refractivity contribution in [2.24, 2.45) is 0 Å². The smallest absolute Gasteiger partial charge is 0.165 e. The van der Waals surface area contributed by atoms with Gasteiger partial charge in [-0.15, -0.1) is 0 Å². The predicted octanol–water partition coefficient (Wildman–Crippen LogP) is 4.43. The number of rotatable bonds is 6. The molecule has 0 bridgehead atoms. The van der Waals surface area contributed by atoms with Crippen LogP contribution in [0, 0.1) is 23.0 Å². The van der Waals surface area contributed by atoms with Crippen LogP contribution in [-0.4, -0.2) is 6.61 Å². The molecule has 0 saturated heterocycles. The summed E-state index contributed by atoms with van der Waals surface area (Å²) in [5.41, 5.74) is 0.656. The molecule has 1 unspecified atom stereocenters. The van der Waals surface area contributed by atoms with Gasteiger partial charge >= 0.3 is 0 Å². The van der Waals surface area contributed by atoms with Crippen molar-refractivity contribution in [1.82, 2.24) is 0 Å². The average Bonchev–Trinajstić information content (AvgIpc) is 2.49. The highest BCUT2D eigenvalue weighted by molar-refractivity contribution is 5.25. The number of nitriles is 1. The molecular weight excluding hydrogens is 272 g/mol. The van der Waals surface area contributed by atoms with Gasteiger partial charge in [0, 0.05) is 0 Å². The normalized spacial score (nSPS) is 11.7. The van der Waals surface area contributed by atoms with Gasteiger partial charge in [0.1, 0.15) is 5.82 Å². The first-order valence-corrected chi connectivity index (χ1v) is 6.73. The highest BCUT2D eigenvalue weighted by Gasteiger charge is 2.11. The Labute approximate surface area is 122 Å². The topological polar surface area (TPSA) is 33.0 Å². The van der Waals surface area contributed by atoms with Crippen molar-refractivity contribution in [3.8, 4) is 11.8 Å². The van der Waals surface area contributed by atoms with Crippen molar-refractivity contribution in [3.63, 3.8) is 0 Å². The second-order valence-electron chi connectivity index (χ2n) is 4.66. The zero-order valence-corrected chi connectivity index (χ0v) is 11.4. The van der Waals surface area contributed by atoms with Crippen LogP contribution < -0.4 is 4.74 Å². The molecule has 0 aliphatic carbocycles. The lowest BCUT2D eigenvalue weighted by atomic mass is 9.96. The molecule has 0 fully saturated rings. The van der Waals surface area contributed by atoms with E-state index in [2.05, 4.69) is 6.07 Å². The van der Waals surface area contributed by atoms with Crippen LogP contribution in [0.5, 0.6) is 5.75 Å². The van der Waals surface area contributed by atoms with Crippen LogP contribution in [0.1, 0.15) is 24.3 Å². The summed E-state index contributed by atoms with van der Waals surface area (Å²) in [6.45, 7) is 0.314. The Bertz CT molecular complexity index is 637. The molecule has 0 aromatic heterocycles. The van der Waals surface area contributed by atoms with Gasteiger partial charge in [-0.05, 0) is 42.7 Å². The van der Waals surface area contributed by atoms with E-state index < -0.39 is 5.82 Å². The Balaban J connectivity index is 1.85. The molecule has 0 aliphatic heterocycles. The molecule has 0 spiro atoms.